The first-order valence-electron chi connectivity index (χ1n) is 7.59. The minimum atomic E-state index is -1.06. The molecule has 1 aromatic heterocycles. The molecule has 0 saturated carbocycles. The first-order valence-corrected chi connectivity index (χ1v) is 8.35. The largest absolute Gasteiger partial charge is 0.449 e. The molecule has 132 valence electrons. The third-order valence-corrected chi connectivity index (χ3v) is 4.16. The Morgan fingerprint density at radius 1 is 1.00 bits per heavy atom. The molecule has 0 bridgehead atoms. The van der Waals surface area contributed by atoms with Crippen LogP contribution in [0.1, 0.15) is 27.8 Å². The van der Waals surface area contributed by atoms with Crippen molar-refractivity contribution in [3.8, 4) is 0 Å². The molecule has 0 aliphatic carbocycles. The number of carbonyl (C=O) groups is 2. The number of halogens is 2. The molecule has 26 heavy (non-hydrogen) atoms. The van der Waals surface area contributed by atoms with Gasteiger partial charge in [-0.3, -0.25) is 9.59 Å². The fourth-order valence-electron chi connectivity index (χ4n) is 2.35. The SMILES string of the molecule is C[C@@H](OC(=O)c1cc(=O)c2cc(Cl)ccc2o1)C(=O)c1ccc(Cl)cc1. The Morgan fingerprint density at radius 3 is 2.35 bits per heavy atom. The Morgan fingerprint density at radius 2 is 1.65 bits per heavy atom. The number of fused-ring (bicyclic) bond motifs is 1. The van der Waals surface area contributed by atoms with E-state index < -0.39 is 23.3 Å². The van der Waals surface area contributed by atoms with E-state index >= 15 is 0 Å². The van der Waals surface area contributed by atoms with E-state index in [1.807, 2.05) is 0 Å². The highest BCUT2D eigenvalue weighted by atomic mass is 35.5. The molecule has 0 spiro atoms. The van der Waals surface area contributed by atoms with Crippen molar-refractivity contribution in [3.63, 3.8) is 0 Å². The van der Waals surface area contributed by atoms with E-state index in [2.05, 4.69) is 0 Å². The molecule has 0 N–H and O–H groups in total. The third-order valence-electron chi connectivity index (χ3n) is 3.67. The van der Waals surface area contributed by atoms with E-state index in [-0.39, 0.29) is 16.7 Å². The minimum Gasteiger partial charge on any atom is -0.449 e. The first-order chi connectivity index (χ1) is 12.3. The molecule has 3 aromatic rings. The van der Waals surface area contributed by atoms with Gasteiger partial charge in [-0.25, -0.2) is 4.79 Å². The number of rotatable bonds is 4. The monoisotopic (exact) mass is 390 g/mol. The van der Waals surface area contributed by atoms with Crippen molar-refractivity contribution in [2.24, 2.45) is 0 Å². The van der Waals surface area contributed by atoms with Crippen LogP contribution >= 0.6 is 23.2 Å². The van der Waals surface area contributed by atoms with E-state index in [9.17, 15) is 14.4 Å². The highest BCUT2D eigenvalue weighted by Crippen LogP contribution is 2.19. The summed E-state index contributed by atoms with van der Waals surface area (Å²) in [6.45, 7) is 1.44. The van der Waals surface area contributed by atoms with Crippen LogP contribution in [0.15, 0.2) is 57.7 Å². The Balaban J connectivity index is 1.82. The average molecular weight is 391 g/mol. The van der Waals surface area contributed by atoms with Crippen molar-refractivity contribution in [3.05, 3.63) is 80.1 Å². The number of ether oxygens (including phenoxy) is 1. The third kappa shape index (κ3) is 3.79. The van der Waals surface area contributed by atoms with Crippen molar-refractivity contribution in [1.29, 1.82) is 0 Å². The zero-order chi connectivity index (χ0) is 18.8. The van der Waals surface area contributed by atoms with Gasteiger partial charge in [-0.05, 0) is 49.4 Å². The fraction of sp³-hybridized carbons (Fsp3) is 0.105. The van der Waals surface area contributed by atoms with Gasteiger partial charge in [0.05, 0.1) is 5.39 Å². The van der Waals surface area contributed by atoms with Crippen LogP contribution in [0.5, 0.6) is 0 Å². The summed E-state index contributed by atoms with van der Waals surface area (Å²) in [4.78, 5) is 36.7. The molecular weight excluding hydrogens is 379 g/mol. The van der Waals surface area contributed by atoms with E-state index in [0.29, 0.717) is 15.6 Å². The maximum absolute atomic E-state index is 12.3. The summed E-state index contributed by atoms with van der Waals surface area (Å²) in [5, 5.41) is 1.12. The lowest BCUT2D eigenvalue weighted by molar-refractivity contribution is 0.0289. The topological polar surface area (TPSA) is 73.6 Å². The van der Waals surface area contributed by atoms with Gasteiger partial charge < -0.3 is 9.15 Å². The molecule has 1 heterocycles. The molecule has 0 fully saturated rings. The highest BCUT2D eigenvalue weighted by molar-refractivity contribution is 6.31. The van der Waals surface area contributed by atoms with Crippen LogP contribution in [-0.2, 0) is 4.74 Å². The molecule has 0 aliphatic rings. The van der Waals surface area contributed by atoms with E-state index in [0.717, 1.165) is 6.07 Å². The predicted octanol–water partition coefficient (Wildman–Crippen LogP) is 4.53. The van der Waals surface area contributed by atoms with Gasteiger partial charge in [-0.15, -0.1) is 0 Å². The Kier molecular flexibility index (Phi) is 5.11. The van der Waals surface area contributed by atoms with E-state index in [1.165, 1.54) is 37.3 Å². The van der Waals surface area contributed by atoms with Crippen LogP contribution in [0.4, 0.5) is 0 Å². The molecular formula is C19H12Cl2O5. The molecule has 7 heteroatoms. The lowest BCUT2D eigenvalue weighted by atomic mass is 10.1. The Hall–Kier alpha value is -2.63. The smallest absolute Gasteiger partial charge is 0.375 e. The molecule has 0 aliphatic heterocycles. The zero-order valence-corrected chi connectivity index (χ0v) is 15.0. The molecule has 1 atom stereocenters. The van der Waals surface area contributed by atoms with Crippen molar-refractivity contribution in [2.75, 3.05) is 0 Å². The number of benzene rings is 2. The Labute approximate surface area is 158 Å². The molecule has 3 rings (SSSR count). The van der Waals surface area contributed by atoms with Gasteiger partial charge in [-0.1, -0.05) is 23.2 Å². The van der Waals surface area contributed by atoms with Crippen molar-refractivity contribution >= 4 is 45.9 Å². The normalized spacial score (nSPS) is 12.0. The number of Topliss-reactive ketones (excluding diaryl/α,β-unsaturated/α-hetero) is 1. The molecule has 0 radical (unpaired) electrons. The second-order valence-corrected chi connectivity index (χ2v) is 6.41. The summed E-state index contributed by atoms with van der Waals surface area (Å²) in [5.41, 5.74) is 0.118. The predicted molar refractivity (Wildman–Crippen MR) is 98.2 cm³/mol. The second kappa shape index (κ2) is 7.32. The van der Waals surface area contributed by atoms with Gasteiger partial charge in [0.2, 0.25) is 11.5 Å². The van der Waals surface area contributed by atoms with Gasteiger partial charge >= 0.3 is 5.97 Å². The number of hydrogen-bond acceptors (Lipinski definition) is 5. The first kappa shape index (κ1) is 18.2. The van der Waals surface area contributed by atoms with Gasteiger partial charge in [0.15, 0.2) is 11.5 Å². The Bertz CT molecular complexity index is 1050. The molecule has 0 unspecified atom stereocenters. The van der Waals surface area contributed by atoms with Crippen LogP contribution in [0.25, 0.3) is 11.0 Å². The summed E-state index contributed by atoms with van der Waals surface area (Å²) in [6, 6.07) is 11.7. The van der Waals surface area contributed by atoms with Gasteiger partial charge in [0, 0.05) is 21.7 Å². The molecule has 2 aromatic carbocycles. The minimum absolute atomic E-state index is 0.200. The highest BCUT2D eigenvalue weighted by Gasteiger charge is 2.22. The van der Waals surface area contributed by atoms with Gasteiger partial charge in [-0.2, -0.15) is 0 Å². The van der Waals surface area contributed by atoms with Crippen LogP contribution in [0.2, 0.25) is 10.0 Å². The standard InChI is InChI=1S/C19H12Cl2O5/c1-10(18(23)11-2-4-12(20)5-3-11)25-19(24)17-9-15(22)14-8-13(21)6-7-16(14)26-17/h2-10H,1H3/t10-/m1/s1. The van der Waals surface area contributed by atoms with Gasteiger partial charge in [0.1, 0.15) is 5.58 Å². The van der Waals surface area contributed by atoms with Crippen LogP contribution in [-0.4, -0.2) is 17.9 Å². The number of ketones is 1. The summed E-state index contributed by atoms with van der Waals surface area (Å²) < 4.78 is 10.5. The van der Waals surface area contributed by atoms with Crippen molar-refractivity contribution in [1.82, 2.24) is 0 Å². The van der Waals surface area contributed by atoms with Crippen LogP contribution in [0.3, 0.4) is 0 Å². The second-order valence-electron chi connectivity index (χ2n) is 5.53. The summed E-state index contributed by atoms with van der Waals surface area (Å²) >= 11 is 11.6. The van der Waals surface area contributed by atoms with Crippen LogP contribution < -0.4 is 5.43 Å². The quantitative estimate of drug-likeness (QED) is 0.483. The zero-order valence-electron chi connectivity index (χ0n) is 13.5. The maximum Gasteiger partial charge on any atom is 0.375 e. The number of carbonyl (C=O) groups excluding carboxylic acids is 2. The van der Waals surface area contributed by atoms with E-state index in [4.69, 9.17) is 32.4 Å². The average Bonchev–Trinajstić information content (AvgIpc) is 2.62. The fourth-order valence-corrected chi connectivity index (χ4v) is 2.65. The summed E-state index contributed by atoms with van der Waals surface area (Å²) in [5.74, 6) is -1.60. The molecule has 5 nitrogen and oxygen atoms in total. The summed E-state index contributed by atoms with van der Waals surface area (Å²) in [7, 11) is 0. The van der Waals surface area contributed by atoms with Crippen molar-refractivity contribution < 1.29 is 18.7 Å². The van der Waals surface area contributed by atoms with Gasteiger partial charge in [0.25, 0.3) is 0 Å². The summed E-state index contributed by atoms with van der Waals surface area (Å²) in [6.07, 6.45) is -1.06. The van der Waals surface area contributed by atoms with E-state index in [1.54, 1.807) is 12.1 Å². The molecule has 0 saturated heterocycles. The lowest BCUT2D eigenvalue weighted by Gasteiger charge is -2.12. The lowest BCUT2D eigenvalue weighted by Crippen LogP contribution is -2.25. The van der Waals surface area contributed by atoms with Crippen molar-refractivity contribution in [2.45, 2.75) is 13.0 Å². The molecule has 0 amide bonds. The van der Waals surface area contributed by atoms with Crippen LogP contribution in [0, 0.1) is 0 Å². The number of esters is 1. The maximum atomic E-state index is 12.3. The number of hydrogen-bond donors (Lipinski definition) is 0.